The van der Waals surface area contributed by atoms with Gasteiger partial charge in [-0.25, -0.2) is 0 Å². The van der Waals surface area contributed by atoms with E-state index in [1.165, 1.54) is 15.9 Å². The van der Waals surface area contributed by atoms with E-state index in [9.17, 15) is 0 Å². The first kappa shape index (κ1) is 19.5. The van der Waals surface area contributed by atoms with Gasteiger partial charge in [0.15, 0.2) is 0 Å². The quantitative estimate of drug-likeness (QED) is 0.230. The summed E-state index contributed by atoms with van der Waals surface area (Å²) in [6, 6.07) is 38.5. The predicted octanol–water partition coefficient (Wildman–Crippen LogP) is 6.18. The molecule has 1 heterocycles. The Kier molecular flexibility index (Phi) is 5.51. The number of aromatic nitrogens is 1. The molecule has 4 aromatic rings. The molecule has 0 bridgehead atoms. The van der Waals surface area contributed by atoms with Crippen LogP contribution in [-0.2, 0) is 6.16 Å². The fourth-order valence-corrected chi connectivity index (χ4v) is 11.7. The molecule has 0 radical (unpaired) electrons. The van der Waals surface area contributed by atoms with Crippen molar-refractivity contribution >= 4 is 52.6 Å². The number of hydrogen-bond acceptors (Lipinski definition) is 1. The third-order valence-corrected chi connectivity index (χ3v) is 15.0. The van der Waals surface area contributed by atoms with Crippen molar-refractivity contribution in [2.45, 2.75) is 6.16 Å². The summed E-state index contributed by atoms with van der Waals surface area (Å²) in [6.07, 6.45) is 0.795. The Morgan fingerprint density at radius 1 is 0.571 bits per heavy atom. The Labute approximate surface area is 182 Å². The fraction of sp³-hybridized carbons (Fsp3) is 0.0417. The van der Waals surface area contributed by atoms with Crippen LogP contribution in [-0.4, -0.2) is 4.98 Å². The molecular weight excluding hydrogens is 493 g/mol. The fourth-order valence-electron chi connectivity index (χ4n) is 3.78. The van der Waals surface area contributed by atoms with E-state index in [2.05, 4.69) is 135 Å². The van der Waals surface area contributed by atoms with Crippen molar-refractivity contribution in [3.05, 3.63) is 119 Å². The van der Waals surface area contributed by atoms with Gasteiger partial charge in [-0.05, 0) is 0 Å². The first-order valence-corrected chi connectivity index (χ1v) is 14.4. The third kappa shape index (κ3) is 3.37. The second kappa shape index (κ2) is 7.91. The first-order valence-electron chi connectivity index (χ1n) is 9.12. The summed E-state index contributed by atoms with van der Waals surface area (Å²) in [7, 11) is 0. The molecular formula is C24H20Br2NP. The monoisotopic (exact) mass is 511 g/mol. The summed E-state index contributed by atoms with van der Waals surface area (Å²) >= 11 is 8.00. The van der Waals surface area contributed by atoms with E-state index < -0.39 is 5.31 Å². The van der Waals surface area contributed by atoms with Gasteiger partial charge < -0.3 is 0 Å². The molecule has 3 aromatic carbocycles. The summed E-state index contributed by atoms with van der Waals surface area (Å²) in [6.45, 7) is 0. The van der Waals surface area contributed by atoms with E-state index in [0.717, 1.165) is 16.5 Å². The SMILES string of the molecule is Brc1cccc(CP(Br)(c2ccccc2)(c2ccccc2)c2ccccc2)n1. The van der Waals surface area contributed by atoms with Crippen LogP contribution in [0.2, 0.25) is 0 Å². The Bertz CT molecular complexity index is 970. The van der Waals surface area contributed by atoms with Gasteiger partial charge in [0.25, 0.3) is 0 Å². The molecule has 0 fully saturated rings. The van der Waals surface area contributed by atoms with Crippen LogP contribution in [0.1, 0.15) is 5.69 Å². The van der Waals surface area contributed by atoms with Crippen LogP contribution < -0.4 is 15.9 Å². The number of nitrogens with zero attached hydrogens (tertiary/aromatic N) is 1. The zero-order valence-electron chi connectivity index (χ0n) is 15.2. The van der Waals surface area contributed by atoms with Crippen LogP contribution in [0, 0.1) is 0 Å². The molecule has 140 valence electrons. The minimum atomic E-state index is -2.97. The average molecular weight is 513 g/mol. The molecule has 0 aliphatic heterocycles. The molecule has 0 aliphatic rings. The Morgan fingerprint density at radius 3 is 1.39 bits per heavy atom. The summed E-state index contributed by atoms with van der Waals surface area (Å²) < 4.78 is 0.858. The van der Waals surface area contributed by atoms with Crippen LogP contribution >= 0.6 is 36.7 Å². The van der Waals surface area contributed by atoms with Gasteiger partial charge in [-0.3, -0.25) is 0 Å². The van der Waals surface area contributed by atoms with Gasteiger partial charge in [0.05, 0.1) is 0 Å². The summed E-state index contributed by atoms with van der Waals surface area (Å²) in [4.78, 5) is 4.80. The Morgan fingerprint density at radius 2 is 1.00 bits per heavy atom. The summed E-state index contributed by atoms with van der Waals surface area (Å²) in [5, 5.41) is 0.922. The second-order valence-electron chi connectivity index (χ2n) is 6.80. The van der Waals surface area contributed by atoms with E-state index in [-0.39, 0.29) is 0 Å². The van der Waals surface area contributed by atoms with Crippen LogP contribution in [0.15, 0.2) is 114 Å². The van der Waals surface area contributed by atoms with Gasteiger partial charge in [0, 0.05) is 0 Å². The standard InChI is InChI=1S/C24H20Br2NP/c25-24-18-10-11-20(27-24)19-28(26,21-12-4-1-5-13-21,22-14-6-2-7-15-22)23-16-8-3-9-17-23/h1-18H,19H2. The normalized spacial score (nSPS) is 12.9. The van der Waals surface area contributed by atoms with Crippen LogP contribution in [0.25, 0.3) is 0 Å². The van der Waals surface area contributed by atoms with Crippen molar-refractivity contribution in [3.8, 4) is 0 Å². The van der Waals surface area contributed by atoms with Crippen molar-refractivity contribution in [1.29, 1.82) is 0 Å². The number of rotatable bonds is 5. The Hall–Kier alpha value is -1.80. The van der Waals surface area contributed by atoms with E-state index in [4.69, 9.17) is 4.98 Å². The Balaban J connectivity index is 2.09. The topological polar surface area (TPSA) is 12.9 Å². The molecule has 0 N–H and O–H groups in total. The third-order valence-electron chi connectivity index (χ3n) is 5.12. The zero-order chi connectivity index (χ0) is 19.5. The first-order chi connectivity index (χ1) is 13.6. The zero-order valence-corrected chi connectivity index (χ0v) is 19.3. The van der Waals surface area contributed by atoms with Crippen molar-refractivity contribution in [1.82, 2.24) is 4.98 Å². The molecule has 28 heavy (non-hydrogen) atoms. The number of benzene rings is 3. The van der Waals surface area contributed by atoms with Gasteiger partial charge in [0.1, 0.15) is 0 Å². The van der Waals surface area contributed by atoms with Crippen molar-refractivity contribution in [3.63, 3.8) is 0 Å². The van der Waals surface area contributed by atoms with Crippen LogP contribution in [0.3, 0.4) is 0 Å². The summed E-state index contributed by atoms with van der Waals surface area (Å²) in [5.41, 5.74) is 1.06. The van der Waals surface area contributed by atoms with Crippen molar-refractivity contribution < 1.29 is 0 Å². The molecule has 1 aromatic heterocycles. The predicted molar refractivity (Wildman–Crippen MR) is 130 cm³/mol. The molecule has 0 unspecified atom stereocenters. The van der Waals surface area contributed by atoms with E-state index in [0.29, 0.717) is 0 Å². The van der Waals surface area contributed by atoms with Gasteiger partial charge in [-0.1, -0.05) is 0 Å². The number of pyridine rings is 1. The molecule has 0 saturated heterocycles. The maximum atomic E-state index is 4.80. The van der Waals surface area contributed by atoms with E-state index >= 15 is 0 Å². The molecule has 4 rings (SSSR count). The van der Waals surface area contributed by atoms with E-state index in [1.807, 2.05) is 6.07 Å². The van der Waals surface area contributed by atoms with E-state index in [1.54, 1.807) is 0 Å². The van der Waals surface area contributed by atoms with Crippen LogP contribution in [0.4, 0.5) is 0 Å². The molecule has 0 amide bonds. The number of hydrogen-bond donors (Lipinski definition) is 0. The molecule has 0 saturated carbocycles. The second-order valence-corrected chi connectivity index (χ2v) is 16.5. The van der Waals surface area contributed by atoms with Gasteiger partial charge >= 0.3 is 183 Å². The molecule has 4 heteroatoms. The van der Waals surface area contributed by atoms with Gasteiger partial charge in [-0.2, -0.15) is 0 Å². The molecule has 0 atom stereocenters. The number of halogens is 2. The molecule has 0 aliphatic carbocycles. The van der Waals surface area contributed by atoms with Crippen molar-refractivity contribution in [2.75, 3.05) is 0 Å². The average Bonchev–Trinajstić information content (AvgIpc) is 2.76. The molecule has 1 nitrogen and oxygen atoms in total. The molecule has 0 spiro atoms. The van der Waals surface area contributed by atoms with Crippen molar-refractivity contribution in [2.24, 2.45) is 0 Å². The van der Waals surface area contributed by atoms with Gasteiger partial charge in [-0.15, -0.1) is 0 Å². The summed E-state index contributed by atoms with van der Waals surface area (Å²) in [5.74, 6) is 0. The van der Waals surface area contributed by atoms with Gasteiger partial charge in [0.2, 0.25) is 0 Å². The van der Waals surface area contributed by atoms with Crippen LogP contribution in [0.5, 0.6) is 0 Å². The minimum absolute atomic E-state index is 0.795. The maximum absolute atomic E-state index is 4.80.